The van der Waals surface area contributed by atoms with Gasteiger partial charge in [0, 0.05) is 24.2 Å². The molecule has 1 aliphatic heterocycles. The second kappa shape index (κ2) is 9.61. The number of nitrogens with one attached hydrogen (secondary N) is 2. The van der Waals surface area contributed by atoms with Crippen LogP contribution in [-0.4, -0.2) is 47.1 Å². The summed E-state index contributed by atoms with van der Waals surface area (Å²) in [7, 11) is 0. The average molecular weight is 437 g/mol. The molecule has 1 saturated heterocycles. The first-order valence-electron chi connectivity index (χ1n) is 10.3. The molecule has 1 fully saturated rings. The summed E-state index contributed by atoms with van der Waals surface area (Å²) in [6.45, 7) is 2.50. The van der Waals surface area contributed by atoms with Gasteiger partial charge in [0.1, 0.15) is 5.84 Å². The first-order chi connectivity index (χ1) is 15.2. The van der Waals surface area contributed by atoms with E-state index in [1.165, 1.54) is 0 Å². The number of nitrogens with zero attached hydrogens (tertiary/aromatic N) is 1. The Morgan fingerprint density at radius 3 is 2.38 bits per heavy atom. The van der Waals surface area contributed by atoms with Crippen LogP contribution >= 0.6 is 0 Å². The number of primary amides is 2. The molecular weight excluding hydrogens is 408 g/mol. The van der Waals surface area contributed by atoms with Crippen LogP contribution in [0.15, 0.2) is 48.5 Å². The van der Waals surface area contributed by atoms with E-state index in [0.29, 0.717) is 30.6 Å². The molecule has 0 saturated carbocycles. The van der Waals surface area contributed by atoms with Gasteiger partial charge in [-0.3, -0.25) is 24.7 Å². The van der Waals surface area contributed by atoms with Crippen LogP contribution in [0.2, 0.25) is 0 Å². The van der Waals surface area contributed by atoms with Crippen molar-refractivity contribution in [2.75, 3.05) is 6.54 Å². The lowest BCUT2D eigenvalue weighted by Gasteiger charge is -2.28. The molecule has 9 nitrogen and oxygen atoms in total. The highest BCUT2D eigenvalue weighted by molar-refractivity contribution is 5.95. The zero-order chi connectivity index (χ0) is 23.4. The topological polar surface area (TPSA) is 168 Å². The molecule has 0 radical (unpaired) electrons. The maximum absolute atomic E-state index is 12.8. The first-order valence-corrected chi connectivity index (χ1v) is 10.3. The van der Waals surface area contributed by atoms with Gasteiger partial charge in [0.25, 0.3) is 0 Å². The zero-order valence-electron chi connectivity index (χ0n) is 17.9. The minimum atomic E-state index is -0.590. The van der Waals surface area contributed by atoms with Gasteiger partial charge in [-0.05, 0) is 42.5 Å². The van der Waals surface area contributed by atoms with Gasteiger partial charge in [0.05, 0.1) is 12.1 Å². The Morgan fingerprint density at radius 2 is 1.78 bits per heavy atom. The Morgan fingerprint density at radius 1 is 1.09 bits per heavy atom. The number of nitrogen functional groups attached to an aromatic ring is 1. The summed E-state index contributed by atoms with van der Waals surface area (Å²) < 4.78 is 0. The molecule has 3 amide bonds. The average Bonchev–Trinajstić information content (AvgIpc) is 3.23. The lowest BCUT2D eigenvalue weighted by atomic mass is 9.94. The summed E-state index contributed by atoms with van der Waals surface area (Å²) in [5.74, 6) is -1.30. The molecule has 3 atom stereocenters. The molecule has 0 spiro atoms. The van der Waals surface area contributed by atoms with Crippen molar-refractivity contribution in [3.05, 3.63) is 70.8 Å². The number of amides is 3. The monoisotopic (exact) mass is 436 g/mol. The van der Waals surface area contributed by atoms with E-state index in [1.54, 1.807) is 54.3 Å². The number of carbonyl (C=O) groups excluding carboxylic acids is 3. The number of likely N-dealkylation sites (tertiary alicyclic amines) is 1. The number of hydrogen-bond donors (Lipinski definition) is 5. The van der Waals surface area contributed by atoms with Crippen molar-refractivity contribution in [3.63, 3.8) is 0 Å². The summed E-state index contributed by atoms with van der Waals surface area (Å²) in [5, 5.41) is 10.3. The predicted molar refractivity (Wildman–Crippen MR) is 121 cm³/mol. The van der Waals surface area contributed by atoms with Gasteiger partial charge in [-0.25, -0.2) is 0 Å². The highest BCUT2D eigenvalue weighted by atomic mass is 16.2. The van der Waals surface area contributed by atoms with Gasteiger partial charge in [0.15, 0.2) is 0 Å². The van der Waals surface area contributed by atoms with Gasteiger partial charge in [-0.2, -0.15) is 0 Å². The molecule has 8 N–H and O–H groups in total. The van der Waals surface area contributed by atoms with Crippen molar-refractivity contribution in [2.45, 2.75) is 37.9 Å². The number of benzene rings is 2. The van der Waals surface area contributed by atoms with Crippen LogP contribution in [0.1, 0.15) is 46.3 Å². The Kier molecular flexibility index (Phi) is 6.89. The fourth-order valence-electron chi connectivity index (χ4n) is 4.05. The molecule has 9 heteroatoms. The van der Waals surface area contributed by atoms with Gasteiger partial charge >= 0.3 is 0 Å². The van der Waals surface area contributed by atoms with Crippen LogP contribution in [0.25, 0.3) is 0 Å². The molecule has 0 aliphatic carbocycles. The van der Waals surface area contributed by atoms with Gasteiger partial charge in [-0.15, -0.1) is 0 Å². The van der Waals surface area contributed by atoms with E-state index in [0.717, 1.165) is 11.1 Å². The molecule has 2 unspecified atom stereocenters. The number of rotatable bonds is 8. The smallest absolute Gasteiger partial charge is 0.248 e. The highest BCUT2D eigenvalue weighted by Gasteiger charge is 2.40. The van der Waals surface area contributed by atoms with Crippen LogP contribution in [0.4, 0.5) is 0 Å². The summed E-state index contributed by atoms with van der Waals surface area (Å²) in [4.78, 5) is 38.2. The molecule has 32 heavy (non-hydrogen) atoms. The van der Waals surface area contributed by atoms with Crippen molar-refractivity contribution in [2.24, 2.45) is 17.2 Å². The minimum absolute atomic E-state index is 0.0170. The number of amidine groups is 1. The van der Waals surface area contributed by atoms with E-state index in [2.05, 4.69) is 5.32 Å². The summed E-state index contributed by atoms with van der Waals surface area (Å²) >= 11 is 0. The first kappa shape index (κ1) is 23.0. The molecule has 2 aromatic carbocycles. The fourth-order valence-corrected chi connectivity index (χ4v) is 4.05. The third-order valence-electron chi connectivity index (χ3n) is 5.92. The largest absolute Gasteiger partial charge is 0.384 e. The van der Waals surface area contributed by atoms with Crippen molar-refractivity contribution < 1.29 is 14.4 Å². The molecule has 0 aromatic heterocycles. The standard InChI is InChI=1S/C23H28N6O3/c1-13(23(32)28-11-14-5-7-15(8-6-14)20(24)25)29-12-18(10-19(29)22(27)31)16-3-2-4-17(9-16)21(26)30/h2-9,13,18-19H,10-12H2,1H3,(H3,24,25)(H2,26,30)(H2,27,31)(H,28,32)/t13-,18?,19?/m0/s1. The van der Waals surface area contributed by atoms with Crippen molar-refractivity contribution >= 4 is 23.6 Å². The summed E-state index contributed by atoms with van der Waals surface area (Å²) in [6, 6.07) is 12.9. The Labute approximate surface area is 186 Å². The third-order valence-corrected chi connectivity index (χ3v) is 5.92. The lowest BCUT2D eigenvalue weighted by molar-refractivity contribution is -0.129. The molecule has 1 aliphatic rings. The normalized spacial score (nSPS) is 19.3. The Hall–Kier alpha value is -3.72. The van der Waals surface area contributed by atoms with E-state index in [9.17, 15) is 14.4 Å². The van der Waals surface area contributed by atoms with Crippen LogP contribution in [0.5, 0.6) is 0 Å². The van der Waals surface area contributed by atoms with E-state index in [4.69, 9.17) is 22.6 Å². The molecule has 1 heterocycles. The second-order valence-electron chi connectivity index (χ2n) is 8.04. The van der Waals surface area contributed by atoms with Crippen molar-refractivity contribution in [1.82, 2.24) is 10.2 Å². The maximum Gasteiger partial charge on any atom is 0.248 e. The number of carbonyl (C=O) groups is 3. The van der Waals surface area contributed by atoms with Crippen LogP contribution in [0.3, 0.4) is 0 Å². The van der Waals surface area contributed by atoms with Crippen LogP contribution < -0.4 is 22.5 Å². The van der Waals surface area contributed by atoms with Crippen molar-refractivity contribution in [1.29, 1.82) is 5.41 Å². The SMILES string of the molecule is C[C@@H](C(=O)NCc1ccc(C(=N)N)cc1)N1CC(c2cccc(C(N)=O)c2)CC1C(N)=O. The van der Waals surface area contributed by atoms with Crippen LogP contribution in [0, 0.1) is 5.41 Å². The van der Waals surface area contributed by atoms with E-state index < -0.39 is 23.9 Å². The van der Waals surface area contributed by atoms with E-state index >= 15 is 0 Å². The lowest BCUT2D eigenvalue weighted by Crippen LogP contribution is -2.51. The van der Waals surface area contributed by atoms with Crippen molar-refractivity contribution in [3.8, 4) is 0 Å². The van der Waals surface area contributed by atoms with E-state index in [-0.39, 0.29) is 17.7 Å². The molecule has 3 rings (SSSR count). The molecule has 2 aromatic rings. The Bertz CT molecular complexity index is 1040. The van der Waals surface area contributed by atoms with Gasteiger partial charge in [0.2, 0.25) is 17.7 Å². The van der Waals surface area contributed by atoms with Gasteiger partial charge < -0.3 is 22.5 Å². The Balaban J connectivity index is 1.68. The summed E-state index contributed by atoms with van der Waals surface area (Å²) in [5.41, 5.74) is 19.2. The third kappa shape index (κ3) is 5.12. The van der Waals surface area contributed by atoms with Crippen LogP contribution in [-0.2, 0) is 16.1 Å². The highest BCUT2D eigenvalue weighted by Crippen LogP contribution is 2.33. The van der Waals surface area contributed by atoms with E-state index in [1.807, 2.05) is 6.07 Å². The molecule has 168 valence electrons. The molecular formula is C23H28N6O3. The minimum Gasteiger partial charge on any atom is -0.384 e. The quantitative estimate of drug-likeness (QED) is 0.298. The zero-order valence-corrected chi connectivity index (χ0v) is 17.9. The predicted octanol–water partition coefficient (Wildman–Crippen LogP) is 0.418. The maximum atomic E-state index is 12.8. The fraction of sp³-hybridized carbons (Fsp3) is 0.304. The van der Waals surface area contributed by atoms with Gasteiger partial charge in [-0.1, -0.05) is 36.4 Å². The number of hydrogen-bond acceptors (Lipinski definition) is 5. The second-order valence-corrected chi connectivity index (χ2v) is 8.04. The molecule has 0 bridgehead atoms. The summed E-state index contributed by atoms with van der Waals surface area (Å²) in [6.07, 6.45) is 0.460. The number of nitrogens with two attached hydrogens (primary N) is 3.